The second-order valence-corrected chi connectivity index (χ2v) is 10.9. The average molecular weight is 498 g/mol. The van der Waals surface area contributed by atoms with Crippen LogP contribution in [0.5, 0.6) is 0 Å². The molecule has 0 bridgehead atoms. The summed E-state index contributed by atoms with van der Waals surface area (Å²) in [6.07, 6.45) is -2.70. The highest BCUT2D eigenvalue weighted by atomic mass is 19.4. The molecule has 194 valence electrons. The zero-order valence-electron chi connectivity index (χ0n) is 20.8. The molecule has 1 saturated carbocycles. The van der Waals surface area contributed by atoms with E-state index in [2.05, 4.69) is 31.0 Å². The zero-order valence-corrected chi connectivity index (χ0v) is 20.8. The van der Waals surface area contributed by atoms with E-state index in [0.29, 0.717) is 12.8 Å². The first kappa shape index (κ1) is 27.0. The summed E-state index contributed by atoms with van der Waals surface area (Å²) >= 11 is 0. The van der Waals surface area contributed by atoms with E-state index >= 15 is 0 Å². The van der Waals surface area contributed by atoms with Crippen LogP contribution in [-0.2, 0) is 15.8 Å². The molecule has 2 fully saturated rings. The van der Waals surface area contributed by atoms with E-state index in [1.165, 1.54) is 6.07 Å². The number of carboxylic acid groups (broad SMARTS) is 1. The van der Waals surface area contributed by atoms with Crippen LogP contribution < -0.4 is 5.32 Å². The number of halogens is 3. The van der Waals surface area contributed by atoms with Gasteiger partial charge in [0.2, 0.25) is 5.91 Å². The summed E-state index contributed by atoms with van der Waals surface area (Å²) in [5, 5.41) is 12.7. The van der Waals surface area contributed by atoms with Gasteiger partial charge in [0.05, 0.1) is 11.0 Å². The summed E-state index contributed by atoms with van der Waals surface area (Å²) in [5.74, 6) is -2.14. The first-order valence-electron chi connectivity index (χ1n) is 11.8. The maximum Gasteiger partial charge on any atom is 0.416 e. The van der Waals surface area contributed by atoms with Crippen LogP contribution in [-0.4, -0.2) is 69.9 Å². The van der Waals surface area contributed by atoms with Gasteiger partial charge in [0.15, 0.2) is 0 Å². The van der Waals surface area contributed by atoms with Gasteiger partial charge in [0.1, 0.15) is 6.04 Å². The molecule has 10 heteroatoms. The molecule has 1 aromatic rings. The largest absolute Gasteiger partial charge is 0.481 e. The normalized spacial score (nSPS) is 27.9. The van der Waals surface area contributed by atoms with Crippen molar-refractivity contribution in [2.75, 3.05) is 13.6 Å². The Morgan fingerprint density at radius 1 is 1.17 bits per heavy atom. The minimum absolute atomic E-state index is 0.0430. The number of amides is 2. The number of rotatable bonds is 5. The SMILES string of the molecule is CN(C1CCC(N2CC[C@H](NC(=O)c3cccc(C(F)(F)F)c3)C2=O)C(C)(C(=O)O)C1)C(C)(C)C. The summed E-state index contributed by atoms with van der Waals surface area (Å²) < 4.78 is 39.0. The number of hydrogen-bond donors (Lipinski definition) is 2. The quantitative estimate of drug-likeness (QED) is 0.646. The van der Waals surface area contributed by atoms with Crippen LogP contribution in [0, 0.1) is 5.41 Å². The van der Waals surface area contributed by atoms with Crippen molar-refractivity contribution >= 4 is 17.8 Å². The number of nitrogens with one attached hydrogen (secondary N) is 1. The van der Waals surface area contributed by atoms with E-state index < -0.39 is 47.0 Å². The highest BCUT2D eigenvalue weighted by molar-refractivity contribution is 5.98. The Labute approximate surface area is 203 Å². The van der Waals surface area contributed by atoms with Gasteiger partial charge in [-0.1, -0.05) is 6.07 Å². The molecule has 35 heavy (non-hydrogen) atoms. The number of hydrogen-bond acceptors (Lipinski definition) is 4. The molecule has 1 saturated heterocycles. The monoisotopic (exact) mass is 497 g/mol. The Morgan fingerprint density at radius 2 is 1.83 bits per heavy atom. The molecule has 1 heterocycles. The van der Waals surface area contributed by atoms with Crippen LogP contribution in [0.2, 0.25) is 0 Å². The molecule has 2 N–H and O–H groups in total. The van der Waals surface area contributed by atoms with E-state index in [0.717, 1.165) is 24.6 Å². The van der Waals surface area contributed by atoms with Gasteiger partial charge in [-0.25, -0.2) is 0 Å². The first-order chi connectivity index (χ1) is 16.1. The number of carbonyl (C=O) groups excluding carboxylic acids is 2. The summed E-state index contributed by atoms with van der Waals surface area (Å²) in [6.45, 7) is 8.15. The van der Waals surface area contributed by atoms with Crippen molar-refractivity contribution in [1.29, 1.82) is 0 Å². The van der Waals surface area contributed by atoms with Crippen molar-refractivity contribution < 1.29 is 32.7 Å². The van der Waals surface area contributed by atoms with Crippen LogP contribution >= 0.6 is 0 Å². The third-order valence-electron chi connectivity index (χ3n) is 7.64. The Bertz CT molecular complexity index is 991. The smallest absolute Gasteiger partial charge is 0.416 e. The van der Waals surface area contributed by atoms with Crippen molar-refractivity contribution in [3.8, 4) is 0 Å². The van der Waals surface area contributed by atoms with Crippen molar-refractivity contribution in [2.45, 2.75) is 83.2 Å². The number of carbonyl (C=O) groups is 3. The summed E-state index contributed by atoms with van der Waals surface area (Å²) in [5.41, 5.74) is -2.44. The lowest BCUT2D eigenvalue weighted by molar-refractivity contribution is -0.159. The summed E-state index contributed by atoms with van der Waals surface area (Å²) in [4.78, 5) is 41.9. The fraction of sp³-hybridized carbons (Fsp3) is 0.640. The highest BCUT2D eigenvalue weighted by Crippen LogP contribution is 2.43. The van der Waals surface area contributed by atoms with Crippen LogP contribution in [0.3, 0.4) is 0 Å². The fourth-order valence-electron chi connectivity index (χ4n) is 5.23. The van der Waals surface area contributed by atoms with Gasteiger partial charge >= 0.3 is 12.1 Å². The average Bonchev–Trinajstić information content (AvgIpc) is 3.11. The number of benzene rings is 1. The number of aliphatic carboxylic acids is 1. The molecule has 4 atom stereocenters. The molecule has 0 spiro atoms. The van der Waals surface area contributed by atoms with Crippen LogP contribution in [0.1, 0.15) is 69.3 Å². The molecule has 0 aromatic heterocycles. The molecule has 1 aliphatic carbocycles. The predicted octanol–water partition coefficient (Wildman–Crippen LogP) is 3.78. The van der Waals surface area contributed by atoms with Crippen molar-refractivity contribution in [2.24, 2.45) is 5.41 Å². The van der Waals surface area contributed by atoms with Gasteiger partial charge in [-0.2, -0.15) is 13.2 Å². The minimum atomic E-state index is -4.59. The molecule has 2 amide bonds. The van der Waals surface area contributed by atoms with Gasteiger partial charge in [0, 0.05) is 29.7 Å². The Hall–Kier alpha value is -2.62. The van der Waals surface area contributed by atoms with E-state index in [9.17, 15) is 32.7 Å². The van der Waals surface area contributed by atoms with Gasteiger partial charge < -0.3 is 15.3 Å². The molecule has 0 radical (unpaired) electrons. The first-order valence-corrected chi connectivity index (χ1v) is 11.8. The van der Waals surface area contributed by atoms with Crippen LogP contribution in [0.25, 0.3) is 0 Å². The summed E-state index contributed by atoms with van der Waals surface area (Å²) in [6, 6.07) is 2.63. The fourth-order valence-corrected chi connectivity index (χ4v) is 5.23. The maximum atomic E-state index is 13.2. The Morgan fingerprint density at radius 3 is 2.40 bits per heavy atom. The molecule has 2 aliphatic rings. The number of carboxylic acids is 1. The van der Waals surface area contributed by atoms with E-state index in [1.807, 2.05) is 7.05 Å². The standard InChI is InChI=1S/C25H34F3N3O4/c1-23(2,3)30(5)17-9-10-19(24(4,14-17)22(34)35)31-12-11-18(21(31)33)29-20(32)15-7-6-8-16(13-15)25(26,27)28/h6-8,13,17-19H,9-12,14H2,1-5H3,(H,29,32)(H,34,35)/t17?,18-,19?,24?/m0/s1. The maximum absolute atomic E-state index is 13.2. The molecule has 1 aliphatic heterocycles. The zero-order chi connectivity index (χ0) is 26.3. The van der Waals surface area contributed by atoms with Crippen molar-refractivity contribution in [3.63, 3.8) is 0 Å². The van der Waals surface area contributed by atoms with Crippen molar-refractivity contribution in [3.05, 3.63) is 35.4 Å². The van der Waals surface area contributed by atoms with Crippen molar-refractivity contribution in [1.82, 2.24) is 15.1 Å². The number of nitrogens with zero attached hydrogens (tertiary/aromatic N) is 2. The lowest BCUT2D eigenvalue weighted by atomic mass is 9.68. The molecule has 1 aromatic carbocycles. The van der Waals surface area contributed by atoms with Gasteiger partial charge in [0.25, 0.3) is 5.91 Å². The number of likely N-dealkylation sites (tertiary alicyclic amines) is 1. The van der Waals surface area contributed by atoms with E-state index in [-0.39, 0.29) is 30.1 Å². The molecular formula is C25H34F3N3O4. The Kier molecular flexibility index (Phi) is 7.28. The predicted molar refractivity (Wildman–Crippen MR) is 124 cm³/mol. The lowest BCUT2D eigenvalue weighted by Gasteiger charge is -2.50. The van der Waals surface area contributed by atoms with Gasteiger partial charge in [-0.3, -0.25) is 19.3 Å². The lowest BCUT2D eigenvalue weighted by Crippen LogP contribution is -2.59. The third kappa shape index (κ3) is 5.47. The Balaban J connectivity index is 1.74. The van der Waals surface area contributed by atoms with Crippen LogP contribution in [0.15, 0.2) is 24.3 Å². The summed E-state index contributed by atoms with van der Waals surface area (Å²) in [7, 11) is 1.98. The van der Waals surface area contributed by atoms with E-state index in [1.54, 1.807) is 11.8 Å². The second kappa shape index (κ2) is 9.44. The topological polar surface area (TPSA) is 90.0 Å². The molecule has 3 rings (SSSR count). The molecule has 7 nitrogen and oxygen atoms in total. The van der Waals surface area contributed by atoms with Gasteiger partial charge in [-0.15, -0.1) is 0 Å². The van der Waals surface area contributed by atoms with E-state index in [4.69, 9.17) is 0 Å². The van der Waals surface area contributed by atoms with Gasteiger partial charge in [-0.05, 0) is 78.6 Å². The molecule has 3 unspecified atom stereocenters. The minimum Gasteiger partial charge on any atom is -0.481 e. The highest BCUT2D eigenvalue weighted by Gasteiger charge is 2.53. The second-order valence-electron chi connectivity index (χ2n) is 10.9. The molecular weight excluding hydrogens is 463 g/mol. The third-order valence-corrected chi connectivity index (χ3v) is 7.64. The number of alkyl halides is 3. The van der Waals surface area contributed by atoms with Crippen LogP contribution in [0.4, 0.5) is 13.2 Å².